The molecule has 7 heteroatoms. The molecule has 174 valence electrons. The van der Waals surface area contributed by atoms with Gasteiger partial charge in [-0.3, -0.25) is 9.59 Å². The number of benzene rings is 2. The number of rotatable bonds is 5. The molecular formula is C27H29N5O2. The zero-order chi connectivity index (χ0) is 23.5. The third-order valence-electron chi connectivity index (χ3n) is 7.20. The smallest absolute Gasteiger partial charge is 0.253 e. The van der Waals surface area contributed by atoms with E-state index in [-0.39, 0.29) is 23.3 Å². The molecule has 5 rings (SSSR count). The number of likely N-dealkylation sites (N-methyl/N-ethyl adjacent to an activating group) is 1. The van der Waals surface area contributed by atoms with Crippen molar-refractivity contribution >= 4 is 23.5 Å². The van der Waals surface area contributed by atoms with Crippen LogP contribution < -0.4 is 5.32 Å². The third kappa shape index (κ3) is 4.38. The Morgan fingerprint density at radius 1 is 1.03 bits per heavy atom. The lowest BCUT2D eigenvalue weighted by molar-refractivity contribution is -0.137. The summed E-state index contributed by atoms with van der Waals surface area (Å²) in [6, 6.07) is 19.7. The molecule has 2 saturated heterocycles. The van der Waals surface area contributed by atoms with Crippen LogP contribution in [0.3, 0.4) is 0 Å². The molecule has 2 fully saturated rings. The zero-order valence-electron chi connectivity index (χ0n) is 19.4. The fourth-order valence-corrected chi connectivity index (χ4v) is 5.27. The first kappa shape index (κ1) is 22.1. The predicted molar refractivity (Wildman–Crippen MR) is 131 cm³/mol. The van der Waals surface area contributed by atoms with Crippen LogP contribution in [0, 0.1) is 5.41 Å². The molecule has 2 aromatic carbocycles. The second kappa shape index (κ2) is 9.25. The Kier molecular flexibility index (Phi) is 6.01. The lowest BCUT2D eigenvalue weighted by atomic mass is 9.75. The average Bonchev–Trinajstić information content (AvgIpc) is 3.10. The molecule has 0 radical (unpaired) electrons. The van der Waals surface area contributed by atoms with Gasteiger partial charge in [0, 0.05) is 49.8 Å². The molecule has 34 heavy (non-hydrogen) atoms. The van der Waals surface area contributed by atoms with E-state index >= 15 is 0 Å². The van der Waals surface area contributed by atoms with Gasteiger partial charge in [0.25, 0.3) is 5.91 Å². The number of likely N-dealkylation sites (tertiary alicyclic amines) is 2. The van der Waals surface area contributed by atoms with E-state index in [9.17, 15) is 9.59 Å². The first-order chi connectivity index (χ1) is 16.5. The number of aromatic nitrogens is 2. The minimum absolute atomic E-state index is 0.00730. The van der Waals surface area contributed by atoms with E-state index < -0.39 is 0 Å². The van der Waals surface area contributed by atoms with E-state index in [0.29, 0.717) is 37.4 Å². The van der Waals surface area contributed by atoms with Gasteiger partial charge in [0.15, 0.2) is 0 Å². The van der Waals surface area contributed by atoms with E-state index in [1.165, 1.54) is 5.56 Å². The molecule has 1 spiro atoms. The number of anilines is 2. The van der Waals surface area contributed by atoms with Crippen LogP contribution in [-0.4, -0.2) is 57.8 Å². The van der Waals surface area contributed by atoms with Crippen LogP contribution in [-0.2, 0) is 11.2 Å². The number of carbonyl (C=O) groups excluding carboxylic acids is 2. The van der Waals surface area contributed by atoms with Gasteiger partial charge in [-0.2, -0.15) is 0 Å². The van der Waals surface area contributed by atoms with Crippen molar-refractivity contribution in [2.24, 2.45) is 5.41 Å². The van der Waals surface area contributed by atoms with Gasteiger partial charge in [0.1, 0.15) is 0 Å². The van der Waals surface area contributed by atoms with Gasteiger partial charge in [-0.1, -0.05) is 36.4 Å². The molecule has 3 aromatic rings. The SMILES string of the molecule is CN1C(=O)C2(CCN(C(=O)c3cccc(Nc4ncccn4)c3)CC2)CC1Cc1ccccc1. The van der Waals surface area contributed by atoms with Gasteiger partial charge in [-0.05, 0) is 55.5 Å². The van der Waals surface area contributed by atoms with Gasteiger partial charge in [0.2, 0.25) is 11.9 Å². The summed E-state index contributed by atoms with van der Waals surface area (Å²) in [6.07, 6.45) is 6.49. The summed E-state index contributed by atoms with van der Waals surface area (Å²) < 4.78 is 0. The van der Waals surface area contributed by atoms with Crippen molar-refractivity contribution in [3.05, 3.63) is 84.2 Å². The van der Waals surface area contributed by atoms with Crippen molar-refractivity contribution in [3.63, 3.8) is 0 Å². The highest BCUT2D eigenvalue weighted by atomic mass is 16.2. The van der Waals surface area contributed by atoms with Crippen molar-refractivity contribution in [1.29, 1.82) is 0 Å². The fourth-order valence-electron chi connectivity index (χ4n) is 5.27. The lowest BCUT2D eigenvalue weighted by Crippen LogP contribution is -2.46. The molecular weight excluding hydrogens is 426 g/mol. The molecule has 1 atom stereocenters. The van der Waals surface area contributed by atoms with E-state index in [1.807, 2.05) is 59.3 Å². The van der Waals surface area contributed by atoms with Crippen molar-refractivity contribution in [2.45, 2.75) is 31.7 Å². The van der Waals surface area contributed by atoms with Crippen LogP contribution in [0.15, 0.2) is 73.1 Å². The number of nitrogens with one attached hydrogen (secondary N) is 1. The van der Waals surface area contributed by atoms with Gasteiger partial charge in [-0.25, -0.2) is 9.97 Å². The molecule has 1 N–H and O–H groups in total. The van der Waals surface area contributed by atoms with E-state index in [0.717, 1.165) is 18.5 Å². The topological polar surface area (TPSA) is 78.4 Å². The first-order valence-electron chi connectivity index (χ1n) is 11.8. The maximum Gasteiger partial charge on any atom is 0.253 e. The Labute approximate surface area is 199 Å². The molecule has 2 aliphatic heterocycles. The highest BCUT2D eigenvalue weighted by Gasteiger charge is 2.51. The summed E-state index contributed by atoms with van der Waals surface area (Å²) in [7, 11) is 1.93. The summed E-state index contributed by atoms with van der Waals surface area (Å²) in [6.45, 7) is 1.19. The summed E-state index contributed by atoms with van der Waals surface area (Å²) in [4.78, 5) is 38.6. The highest BCUT2D eigenvalue weighted by molar-refractivity contribution is 5.95. The molecule has 3 heterocycles. The number of carbonyl (C=O) groups is 2. The number of nitrogens with zero attached hydrogens (tertiary/aromatic N) is 4. The standard InChI is InChI=1S/C27H29N5O2/c1-31-23(17-20-7-3-2-4-8-20)19-27(25(31)34)11-15-32(16-12-27)24(33)21-9-5-10-22(18-21)30-26-28-13-6-14-29-26/h2-10,13-14,18,23H,11-12,15-17,19H2,1H3,(H,28,29,30). The summed E-state index contributed by atoms with van der Waals surface area (Å²) in [5.41, 5.74) is 2.29. The van der Waals surface area contributed by atoms with Crippen molar-refractivity contribution in [2.75, 3.05) is 25.5 Å². The second-order valence-corrected chi connectivity index (χ2v) is 9.31. The van der Waals surface area contributed by atoms with Crippen molar-refractivity contribution in [1.82, 2.24) is 19.8 Å². The Morgan fingerprint density at radius 3 is 2.50 bits per heavy atom. The lowest BCUT2D eigenvalue weighted by Gasteiger charge is -2.37. The second-order valence-electron chi connectivity index (χ2n) is 9.31. The molecule has 0 saturated carbocycles. The maximum atomic E-state index is 13.2. The molecule has 0 aliphatic carbocycles. The molecule has 1 unspecified atom stereocenters. The van der Waals surface area contributed by atoms with Crippen LogP contribution >= 0.6 is 0 Å². The normalized spacial score (nSPS) is 19.4. The number of hydrogen-bond donors (Lipinski definition) is 1. The zero-order valence-corrected chi connectivity index (χ0v) is 19.4. The minimum atomic E-state index is -0.348. The van der Waals surface area contributed by atoms with E-state index in [4.69, 9.17) is 0 Å². The van der Waals surface area contributed by atoms with Crippen LogP contribution in [0.2, 0.25) is 0 Å². The van der Waals surface area contributed by atoms with Crippen LogP contribution in [0.5, 0.6) is 0 Å². The fraction of sp³-hybridized carbons (Fsp3) is 0.333. The first-order valence-corrected chi connectivity index (χ1v) is 11.8. The Bertz CT molecular complexity index is 1160. The maximum absolute atomic E-state index is 13.2. The Balaban J connectivity index is 1.23. The summed E-state index contributed by atoms with van der Waals surface area (Å²) >= 11 is 0. The monoisotopic (exact) mass is 455 g/mol. The summed E-state index contributed by atoms with van der Waals surface area (Å²) in [5, 5.41) is 3.13. The van der Waals surface area contributed by atoms with Crippen LogP contribution in [0.4, 0.5) is 11.6 Å². The highest BCUT2D eigenvalue weighted by Crippen LogP contribution is 2.44. The molecule has 2 amide bonds. The number of amides is 2. The van der Waals surface area contributed by atoms with Gasteiger partial charge in [0.05, 0.1) is 5.41 Å². The minimum Gasteiger partial charge on any atom is -0.342 e. The third-order valence-corrected chi connectivity index (χ3v) is 7.20. The van der Waals surface area contributed by atoms with Crippen molar-refractivity contribution < 1.29 is 9.59 Å². The van der Waals surface area contributed by atoms with Crippen LogP contribution in [0.25, 0.3) is 0 Å². The van der Waals surface area contributed by atoms with Gasteiger partial charge < -0.3 is 15.1 Å². The predicted octanol–water partition coefficient (Wildman–Crippen LogP) is 3.92. The summed E-state index contributed by atoms with van der Waals surface area (Å²) in [5.74, 6) is 0.711. The number of hydrogen-bond acceptors (Lipinski definition) is 5. The van der Waals surface area contributed by atoms with Crippen LogP contribution in [0.1, 0.15) is 35.2 Å². The molecule has 1 aromatic heterocycles. The van der Waals surface area contributed by atoms with E-state index in [1.54, 1.807) is 18.5 Å². The quantitative estimate of drug-likeness (QED) is 0.631. The van der Waals surface area contributed by atoms with Crippen molar-refractivity contribution in [3.8, 4) is 0 Å². The Morgan fingerprint density at radius 2 is 1.76 bits per heavy atom. The van der Waals surface area contributed by atoms with Gasteiger partial charge >= 0.3 is 0 Å². The number of piperidine rings is 1. The van der Waals surface area contributed by atoms with E-state index in [2.05, 4.69) is 27.4 Å². The molecule has 0 bridgehead atoms. The molecule has 7 nitrogen and oxygen atoms in total. The largest absolute Gasteiger partial charge is 0.342 e. The molecule has 2 aliphatic rings. The van der Waals surface area contributed by atoms with Gasteiger partial charge in [-0.15, -0.1) is 0 Å². The Hall–Kier alpha value is -3.74. The average molecular weight is 456 g/mol.